The first-order chi connectivity index (χ1) is 34.7. The summed E-state index contributed by atoms with van der Waals surface area (Å²) in [5, 5.41) is 17.6. The van der Waals surface area contributed by atoms with Crippen molar-refractivity contribution in [3.63, 3.8) is 0 Å². The SMILES string of the molecule is COc1cc(N2CCC(N3CCN(CC4CCN(c5cc(F)cc(NC6CCC(=O)NC6=O)c5)CC4)CC3)CC2)c(-c2cnn(C)c2)cc1Nc1ncc(Cl)c(Nc2ccc3nccnc3c2P(C)(C)=O)n1. The Hall–Kier alpha value is -6.40. The van der Waals surface area contributed by atoms with E-state index in [0.29, 0.717) is 63.3 Å². The van der Waals surface area contributed by atoms with Gasteiger partial charge in [-0.25, -0.2) is 9.37 Å². The summed E-state index contributed by atoms with van der Waals surface area (Å²) < 4.78 is 36.2. The average molecular weight is 1020 g/mol. The van der Waals surface area contributed by atoms with Crippen LogP contribution in [0.5, 0.6) is 5.75 Å². The van der Waals surface area contributed by atoms with Crippen LogP contribution in [0.4, 0.5) is 44.6 Å². The second-order valence-corrected chi connectivity index (χ2v) is 23.2. The molecule has 4 saturated heterocycles. The predicted molar refractivity (Wildman–Crippen MR) is 282 cm³/mol. The summed E-state index contributed by atoms with van der Waals surface area (Å²) in [5.74, 6) is 0.835. The summed E-state index contributed by atoms with van der Waals surface area (Å²) in [6, 6.07) is 12.6. The summed E-state index contributed by atoms with van der Waals surface area (Å²) in [5.41, 5.74) is 6.85. The zero-order valence-corrected chi connectivity index (χ0v) is 42.7. The Bertz CT molecular complexity index is 3020. The smallest absolute Gasteiger partial charge is 0.249 e. The number of aromatic nitrogens is 6. The fraction of sp³-hybridized carbons (Fsp3) is 0.431. The third kappa shape index (κ3) is 11.0. The standard InChI is InChI=1S/C51H61ClFN14O4P/c1-63-31-33(28-57-63)38-26-43(60-51-56-29-39(52)49(62-51)59-41-6-5-40-47(55-14-13-54-40)48(41)72(3,4)70)45(71-2)27-44(38)67-17-11-36(12-18-67)66-21-19-64(20-22-66)30-32-9-15-65(16-10-32)37-24-34(53)23-35(25-37)58-42-7-8-46(68)61-50(42)69/h5-6,13-14,23-29,31-32,36,42,58H,7-12,15-22,30H2,1-4H3,(H,61,68,69)(H2,56,59,60,62). The molecule has 4 aliphatic heterocycles. The molecule has 1 atom stereocenters. The minimum absolute atomic E-state index is 0.264. The van der Waals surface area contributed by atoms with Crippen LogP contribution >= 0.6 is 18.7 Å². The van der Waals surface area contributed by atoms with Crippen molar-refractivity contribution in [1.29, 1.82) is 0 Å². The van der Waals surface area contributed by atoms with Crippen LogP contribution in [0.25, 0.3) is 22.2 Å². The molecule has 18 nitrogen and oxygen atoms in total. The normalized spacial score (nSPS) is 18.9. The van der Waals surface area contributed by atoms with Crippen LogP contribution in [-0.4, -0.2) is 143 Å². The van der Waals surface area contributed by atoms with Crippen molar-refractivity contribution in [3.8, 4) is 16.9 Å². The summed E-state index contributed by atoms with van der Waals surface area (Å²) in [4.78, 5) is 52.1. The van der Waals surface area contributed by atoms with Gasteiger partial charge in [-0.1, -0.05) is 11.6 Å². The maximum atomic E-state index is 14.8. The van der Waals surface area contributed by atoms with E-state index in [1.807, 2.05) is 37.6 Å². The van der Waals surface area contributed by atoms with Crippen molar-refractivity contribution >= 4 is 87.1 Å². The number of ether oxygens (including phenoxy) is 1. The molecule has 21 heteroatoms. The van der Waals surface area contributed by atoms with Gasteiger partial charge in [-0.15, -0.1) is 0 Å². The van der Waals surface area contributed by atoms with Crippen molar-refractivity contribution in [2.45, 2.75) is 50.6 Å². The Morgan fingerprint density at radius 2 is 1.62 bits per heavy atom. The fourth-order valence-electron chi connectivity index (χ4n) is 10.7. The number of aryl methyl sites for hydroxylation is 1. The Labute approximate surface area is 423 Å². The lowest BCUT2D eigenvalue weighted by Crippen LogP contribution is -2.54. The fourth-order valence-corrected chi connectivity index (χ4v) is 12.2. The molecule has 3 aromatic heterocycles. The molecule has 0 bridgehead atoms. The summed E-state index contributed by atoms with van der Waals surface area (Å²) in [6.45, 7) is 12.2. The number of carbonyl (C=O) groups excluding carboxylic acids is 2. The van der Waals surface area contributed by atoms with Crippen molar-refractivity contribution in [3.05, 3.63) is 84.3 Å². The van der Waals surface area contributed by atoms with Gasteiger partial charge in [0.05, 0.1) is 41.7 Å². The number of amides is 2. The van der Waals surface area contributed by atoms with Gasteiger partial charge in [0.25, 0.3) is 0 Å². The Kier molecular flexibility index (Phi) is 14.3. The van der Waals surface area contributed by atoms with E-state index < -0.39 is 13.2 Å². The van der Waals surface area contributed by atoms with E-state index in [1.165, 1.54) is 12.3 Å². The van der Waals surface area contributed by atoms with E-state index in [-0.39, 0.29) is 35.0 Å². The Morgan fingerprint density at radius 3 is 2.35 bits per heavy atom. The van der Waals surface area contributed by atoms with Gasteiger partial charge in [0.1, 0.15) is 35.3 Å². The second-order valence-electron chi connectivity index (χ2n) is 19.7. The summed E-state index contributed by atoms with van der Waals surface area (Å²) in [7, 11) is 0.738. The van der Waals surface area contributed by atoms with Crippen molar-refractivity contribution in [1.82, 2.24) is 44.8 Å². The highest BCUT2D eigenvalue weighted by Gasteiger charge is 2.32. The van der Waals surface area contributed by atoms with Gasteiger partial charge >= 0.3 is 0 Å². The van der Waals surface area contributed by atoms with Crippen molar-refractivity contribution in [2.75, 3.05) is 105 Å². The Morgan fingerprint density at radius 1 is 0.861 bits per heavy atom. The maximum Gasteiger partial charge on any atom is 0.249 e. The molecular formula is C51H61ClFN14O4P. The zero-order valence-electron chi connectivity index (χ0n) is 41.1. The average Bonchev–Trinajstić information content (AvgIpc) is 3.81. The molecule has 4 fully saturated rings. The summed E-state index contributed by atoms with van der Waals surface area (Å²) >= 11 is 6.68. The van der Waals surface area contributed by atoms with E-state index in [4.69, 9.17) is 21.3 Å². The highest BCUT2D eigenvalue weighted by molar-refractivity contribution is 7.71. The number of piperazine rings is 1. The minimum atomic E-state index is -2.83. The highest BCUT2D eigenvalue weighted by atomic mass is 35.5. The number of anilines is 7. The number of rotatable bonds is 14. The van der Waals surface area contributed by atoms with Gasteiger partial charge in [0.2, 0.25) is 17.8 Å². The van der Waals surface area contributed by atoms with Crippen LogP contribution in [0.15, 0.2) is 73.4 Å². The van der Waals surface area contributed by atoms with Crippen LogP contribution in [0.1, 0.15) is 38.5 Å². The van der Waals surface area contributed by atoms with Gasteiger partial charge in [-0.05, 0) is 87.7 Å². The molecule has 72 heavy (non-hydrogen) atoms. The maximum absolute atomic E-state index is 14.8. The molecule has 1 unspecified atom stereocenters. The van der Waals surface area contributed by atoms with Gasteiger partial charge in [-0.2, -0.15) is 10.1 Å². The minimum Gasteiger partial charge on any atom is -0.494 e. The predicted octanol–water partition coefficient (Wildman–Crippen LogP) is 7.08. The number of methoxy groups -OCH3 is 1. The van der Waals surface area contributed by atoms with E-state index in [0.717, 1.165) is 107 Å². The third-order valence-corrected chi connectivity index (χ3v) is 16.2. The first-order valence-corrected chi connectivity index (χ1v) is 27.7. The van der Waals surface area contributed by atoms with Crippen LogP contribution in [0, 0.1) is 11.7 Å². The number of hydrogen-bond donors (Lipinski definition) is 4. The molecule has 0 radical (unpaired) electrons. The van der Waals surface area contributed by atoms with Crippen LogP contribution in [0.3, 0.4) is 0 Å². The van der Waals surface area contributed by atoms with E-state index in [1.54, 1.807) is 43.6 Å². The number of imide groups is 1. The number of nitrogens with one attached hydrogen (secondary N) is 4. The third-order valence-electron chi connectivity index (χ3n) is 14.4. The van der Waals surface area contributed by atoms with Gasteiger partial charge in [-0.3, -0.25) is 34.5 Å². The number of piperidine rings is 3. The quantitative estimate of drug-likeness (QED) is 0.0639. The lowest BCUT2D eigenvalue weighted by Gasteiger charge is -2.44. The van der Waals surface area contributed by atoms with Crippen LogP contribution in [0.2, 0.25) is 5.02 Å². The van der Waals surface area contributed by atoms with Gasteiger partial charge in [0.15, 0.2) is 5.82 Å². The lowest BCUT2D eigenvalue weighted by atomic mass is 9.95. The molecular weight excluding hydrogens is 958 g/mol. The zero-order chi connectivity index (χ0) is 50.1. The number of carbonyl (C=O) groups is 2. The molecule has 6 aromatic rings. The first kappa shape index (κ1) is 49.2. The van der Waals surface area contributed by atoms with Gasteiger partial charge < -0.3 is 40.0 Å². The molecule has 0 aliphatic carbocycles. The lowest BCUT2D eigenvalue weighted by molar-refractivity contribution is -0.133. The molecule has 10 rings (SSSR count). The number of nitrogens with zero attached hydrogens (tertiary/aromatic N) is 10. The Balaban J connectivity index is 0.753. The summed E-state index contributed by atoms with van der Waals surface area (Å²) in [6.07, 6.45) is 13.4. The monoisotopic (exact) mass is 1020 g/mol. The van der Waals surface area contributed by atoms with Crippen LogP contribution in [-0.2, 0) is 21.2 Å². The highest BCUT2D eigenvalue weighted by Crippen LogP contribution is 2.43. The van der Waals surface area contributed by atoms with Crippen LogP contribution < -0.4 is 41.1 Å². The topological polar surface area (TPSA) is 191 Å². The first-order valence-electron chi connectivity index (χ1n) is 24.7. The largest absolute Gasteiger partial charge is 0.494 e. The second kappa shape index (κ2) is 21.0. The number of fused-ring (bicyclic) bond motifs is 1. The van der Waals surface area contributed by atoms with Crippen molar-refractivity contribution in [2.24, 2.45) is 13.0 Å². The molecule has 7 heterocycles. The van der Waals surface area contributed by atoms with E-state index in [9.17, 15) is 18.5 Å². The van der Waals surface area contributed by atoms with Gasteiger partial charge in [0, 0.05) is 131 Å². The van der Waals surface area contributed by atoms with E-state index in [2.05, 4.69) is 73.1 Å². The number of benzene rings is 3. The van der Waals surface area contributed by atoms with Crippen molar-refractivity contribution < 1.29 is 23.3 Å². The number of hydrogen-bond acceptors (Lipinski definition) is 16. The number of halogens is 2. The molecule has 378 valence electrons. The molecule has 0 saturated carbocycles. The molecule has 2 amide bonds. The van der Waals surface area contributed by atoms with E-state index >= 15 is 0 Å². The molecule has 4 aliphatic rings. The molecule has 3 aromatic carbocycles. The molecule has 4 N–H and O–H groups in total. The molecule has 0 spiro atoms.